The first-order valence-electron chi connectivity index (χ1n) is 11.3. The molecule has 0 aromatic heterocycles. The molecule has 2 aliphatic heterocycles. The van der Waals surface area contributed by atoms with Crippen molar-refractivity contribution >= 4 is 23.6 Å². The average Bonchev–Trinajstić information content (AvgIpc) is 3.21. The van der Waals surface area contributed by atoms with Crippen LogP contribution in [0.3, 0.4) is 0 Å². The Morgan fingerprint density at radius 2 is 2.03 bits per heavy atom. The van der Waals surface area contributed by atoms with E-state index < -0.39 is 0 Å². The topological polar surface area (TPSA) is 50.8 Å². The lowest BCUT2D eigenvalue weighted by atomic mass is 9.88. The number of para-hydroxylation sites is 1. The molecule has 2 aromatic carbocycles. The van der Waals surface area contributed by atoms with Crippen LogP contribution in [0.15, 0.2) is 54.6 Å². The Morgan fingerprint density at radius 3 is 2.81 bits per heavy atom. The molecule has 2 heterocycles. The summed E-state index contributed by atoms with van der Waals surface area (Å²) in [6, 6.07) is 15.6. The van der Waals surface area contributed by atoms with Crippen LogP contribution < -0.4 is 10.1 Å². The summed E-state index contributed by atoms with van der Waals surface area (Å²) < 4.78 is 11.9. The molecule has 2 aliphatic rings. The quantitative estimate of drug-likeness (QED) is 0.616. The third kappa shape index (κ3) is 5.91. The number of carbonyl (C=O) groups excluding carboxylic acids is 1. The second-order valence-corrected chi connectivity index (χ2v) is 9.12. The van der Waals surface area contributed by atoms with Gasteiger partial charge in [0.15, 0.2) is 0 Å². The predicted octanol–water partition coefficient (Wildman–Crippen LogP) is 4.69. The van der Waals surface area contributed by atoms with E-state index in [2.05, 4.69) is 22.3 Å². The first-order valence-corrected chi connectivity index (χ1v) is 11.7. The van der Waals surface area contributed by atoms with Crippen LogP contribution >= 0.6 is 11.6 Å². The Balaban J connectivity index is 1.21. The summed E-state index contributed by atoms with van der Waals surface area (Å²) in [6.07, 6.45) is 7.52. The molecule has 1 spiro atoms. The molecule has 32 heavy (non-hydrogen) atoms. The Labute approximate surface area is 195 Å². The number of methoxy groups -OCH3 is 1. The maximum Gasteiger partial charge on any atom is 0.244 e. The monoisotopic (exact) mass is 454 g/mol. The van der Waals surface area contributed by atoms with Gasteiger partial charge in [-0.05, 0) is 55.5 Å². The molecule has 170 valence electrons. The summed E-state index contributed by atoms with van der Waals surface area (Å²) in [7, 11) is 1.72. The maximum atomic E-state index is 12.2. The molecule has 2 saturated heterocycles. The van der Waals surface area contributed by atoms with Crippen molar-refractivity contribution in [1.29, 1.82) is 0 Å². The molecular formula is C26H31ClN2O3. The molecule has 6 heteroatoms. The third-order valence-electron chi connectivity index (χ3n) is 6.47. The van der Waals surface area contributed by atoms with Gasteiger partial charge in [0.2, 0.25) is 5.91 Å². The number of ether oxygens (including phenoxy) is 2. The fraction of sp³-hybridized carbons (Fsp3) is 0.423. The number of likely N-dealkylation sites (tertiary alicyclic amines) is 1. The minimum absolute atomic E-state index is 0.0384. The van der Waals surface area contributed by atoms with Crippen molar-refractivity contribution in [1.82, 2.24) is 10.2 Å². The summed E-state index contributed by atoms with van der Waals surface area (Å²) >= 11 is 5.98. The van der Waals surface area contributed by atoms with Gasteiger partial charge in [-0.25, -0.2) is 0 Å². The smallest absolute Gasteiger partial charge is 0.244 e. The zero-order chi connectivity index (χ0) is 22.4. The van der Waals surface area contributed by atoms with E-state index in [0.29, 0.717) is 11.6 Å². The zero-order valence-corrected chi connectivity index (χ0v) is 19.3. The normalized spacial score (nSPS) is 20.6. The minimum atomic E-state index is -0.110. The fourth-order valence-corrected chi connectivity index (χ4v) is 4.85. The van der Waals surface area contributed by atoms with Gasteiger partial charge in [-0.2, -0.15) is 0 Å². The highest BCUT2D eigenvalue weighted by molar-refractivity contribution is 6.30. The van der Waals surface area contributed by atoms with Crippen molar-refractivity contribution in [2.24, 2.45) is 0 Å². The largest absolute Gasteiger partial charge is 0.496 e. The second kappa shape index (κ2) is 10.5. The number of amides is 1. The lowest BCUT2D eigenvalue weighted by Gasteiger charge is -2.39. The highest BCUT2D eigenvalue weighted by Gasteiger charge is 2.42. The Kier molecular flexibility index (Phi) is 7.51. The van der Waals surface area contributed by atoms with Crippen molar-refractivity contribution in [3.8, 4) is 5.75 Å². The number of benzene rings is 2. The first kappa shape index (κ1) is 22.8. The van der Waals surface area contributed by atoms with Gasteiger partial charge in [0.25, 0.3) is 0 Å². The number of hydrogen-bond donors (Lipinski definition) is 1. The summed E-state index contributed by atoms with van der Waals surface area (Å²) in [4.78, 5) is 14.7. The van der Waals surface area contributed by atoms with E-state index in [-0.39, 0.29) is 17.6 Å². The van der Waals surface area contributed by atoms with Gasteiger partial charge in [-0.1, -0.05) is 41.9 Å². The van der Waals surface area contributed by atoms with Crippen molar-refractivity contribution in [2.45, 2.75) is 43.9 Å². The molecule has 0 aliphatic carbocycles. The van der Waals surface area contributed by atoms with Crippen molar-refractivity contribution < 1.29 is 14.3 Å². The molecule has 1 atom stereocenters. The second-order valence-electron chi connectivity index (χ2n) is 8.68. The summed E-state index contributed by atoms with van der Waals surface area (Å²) in [5.41, 5.74) is 2.09. The minimum Gasteiger partial charge on any atom is -0.496 e. The van der Waals surface area contributed by atoms with E-state index in [1.54, 1.807) is 19.3 Å². The molecule has 0 radical (unpaired) electrons. The van der Waals surface area contributed by atoms with Crippen molar-refractivity contribution in [2.75, 3.05) is 26.7 Å². The Hall–Kier alpha value is -2.34. The van der Waals surface area contributed by atoms with Crippen LogP contribution in [0, 0.1) is 0 Å². The molecule has 2 fully saturated rings. The number of hydrogen-bond acceptors (Lipinski definition) is 4. The maximum absolute atomic E-state index is 12.2. The van der Waals surface area contributed by atoms with Gasteiger partial charge in [0.05, 0.1) is 18.8 Å². The number of carbonyl (C=O) groups is 1. The van der Waals surface area contributed by atoms with E-state index in [4.69, 9.17) is 21.1 Å². The van der Waals surface area contributed by atoms with Crippen LogP contribution in [0.4, 0.5) is 0 Å². The molecule has 0 saturated carbocycles. The summed E-state index contributed by atoms with van der Waals surface area (Å²) in [5, 5.41) is 3.64. The van der Waals surface area contributed by atoms with Crippen molar-refractivity contribution in [3.63, 3.8) is 0 Å². The predicted molar refractivity (Wildman–Crippen MR) is 128 cm³/mol. The number of nitrogens with zero attached hydrogens (tertiary/aromatic N) is 1. The van der Waals surface area contributed by atoms with E-state index in [0.717, 1.165) is 56.6 Å². The molecule has 5 nitrogen and oxygen atoms in total. The number of nitrogens with one attached hydrogen (secondary N) is 1. The molecule has 1 amide bonds. The van der Waals surface area contributed by atoms with Gasteiger partial charge >= 0.3 is 0 Å². The van der Waals surface area contributed by atoms with Crippen LogP contribution in [0.5, 0.6) is 5.75 Å². The highest BCUT2D eigenvalue weighted by Crippen LogP contribution is 2.39. The van der Waals surface area contributed by atoms with E-state index in [1.165, 1.54) is 5.56 Å². The summed E-state index contributed by atoms with van der Waals surface area (Å²) in [5.74, 6) is 0.839. The molecule has 2 aromatic rings. The number of piperidine rings is 1. The van der Waals surface area contributed by atoms with Crippen LogP contribution in [-0.4, -0.2) is 49.3 Å². The average molecular weight is 455 g/mol. The number of halogens is 1. The fourth-order valence-electron chi connectivity index (χ4n) is 4.66. The van der Waals surface area contributed by atoms with Gasteiger partial charge in [-0.3, -0.25) is 9.69 Å². The molecule has 0 bridgehead atoms. The van der Waals surface area contributed by atoms with Gasteiger partial charge in [0.1, 0.15) is 5.75 Å². The van der Waals surface area contributed by atoms with Crippen LogP contribution in [0.2, 0.25) is 5.02 Å². The van der Waals surface area contributed by atoms with Gasteiger partial charge in [-0.15, -0.1) is 0 Å². The van der Waals surface area contributed by atoms with E-state index in [9.17, 15) is 4.79 Å². The van der Waals surface area contributed by atoms with Gasteiger partial charge in [0, 0.05) is 42.8 Å². The molecule has 1 N–H and O–H groups in total. The lowest BCUT2D eigenvalue weighted by molar-refractivity contribution is -0.118. The van der Waals surface area contributed by atoms with Gasteiger partial charge < -0.3 is 14.8 Å². The van der Waals surface area contributed by atoms with E-state index >= 15 is 0 Å². The Morgan fingerprint density at radius 1 is 1.22 bits per heavy atom. The van der Waals surface area contributed by atoms with Crippen LogP contribution in [0.25, 0.3) is 6.08 Å². The third-order valence-corrected chi connectivity index (χ3v) is 6.71. The lowest BCUT2D eigenvalue weighted by Crippen LogP contribution is -2.44. The van der Waals surface area contributed by atoms with Crippen LogP contribution in [-0.2, 0) is 16.1 Å². The standard InChI is InChI=1S/C26H31ClN2O3/c1-31-24-8-3-2-6-21(24)19-29-15-13-26(14-16-29)12-11-23(32-26)18-28-25(30)10-9-20-5-4-7-22(27)17-20/h2-10,17,23H,11-16,18-19H2,1H3,(H,28,30)/b10-9+. The number of rotatable bonds is 7. The first-order chi connectivity index (χ1) is 15.5. The Bertz CT molecular complexity index is 954. The molecule has 4 rings (SSSR count). The zero-order valence-electron chi connectivity index (χ0n) is 18.6. The molecule has 1 unspecified atom stereocenters. The van der Waals surface area contributed by atoms with E-state index in [1.807, 2.05) is 36.4 Å². The van der Waals surface area contributed by atoms with Crippen molar-refractivity contribution in [3.05, 3.63) is 70.8 Å². The molecular weight excluding hydrogens is 424 g/mol. The summed E-state index contributed by atoms with van der Waals surface area (Å²) in [6.45, 7) is 3.48. The highest BCUT2D eigenvalue weighted by atomic mass is 35.5. The SMILES string of the molecule is COc1ccccc1CN1CCC2(CCC(CNC(=O)/C=C/c3cccc(Cl)c3)O2)CC1. The van der Waals surface area contributed by atoms with Crippen LogP contribution in [0.1, 0.15) is 36.8 Å².